The Morgan fingerprint density at radius 2 is 2.11 bits per heavy atom. The predicted octanol–water partition coefficient (Wildman–Crippen LogP) is 3.02. The molecule has 1 aliphatic rings. The maximum absolute atomic E-state index is 13.9. The van der Waals surface area contributed by atoms with Gasteiger partial charge in [0.1, 0.15) is 11.6 Å². The zero-order valence-corrected chi connectivity index (χ0v) is 15.7. The van der Waals surface area contributed by atoms with Gasteiger partial charge in [0.2, 0.25) is 0 Å². The van der Waals surface area contributed by atoms with E-state index < -0.39 is 11.7 Å². The Balaban J connectivity index is 1.82. The molecule has 1 heterocycles. The van der Waals surface area contributed by atoms with E-state index in [0.717, 1.165) is 0 Å². The normalized spacial score (nSPS) is 13.4. The van der Waals surface area contributed by atoms with Crippen molar-refractivity contribution >= 4 is 34.8 Å². The highest BCUT2D eigenvalue weighted by molar-refractivity contribution is 6.34. The molecule has 3 rings (SSSR count). The van der Waals surface area contributed by atoms with Crippen LogP contribution in [-0.2, 0) is 4.79 Å². The maximum atomic E-state index is 13.9. The van der Waals surface area contributed by atoms with Gasteiger partial charge < -0.3 is 19.9 Å². The highest BCUT2D eigenvalue weighted by Crippen LogP contribution is 2.34. The second-order valence-corrected chi connectivity index (χ2v) is 6.78. The molecular formula is C19H19ClFN3O3. The van der Waals surface area contributed by atoms with E-state index >= 15 is 0 Å². The summed E-state index contributed by atoms with van der Waals surface area (Å²) in [5.41, 5.74) is 0.829. The topological polar surface area (TPSA) is 61.9 Å². The largest absolute Gasteiger partial charge is 0.481 e. The lowest BCUT2D eigenvalue weighted by Crippen LogP contribution is -2.42. The molecule has 1 N–H and O–H groups in total. The fourth-order valence-corrected chi connectivity index (χ4v) is 2.98. The maximum Gasteiger partial charge on any atom is 0.265 e. The molecule has 27 heavy (non-hydrogen) atoms. The molecule has 0 spiro atoms. The van der Waals surface area contributed by atoms with Gasteiger partial charge >= 0.3 is 0 Å². The SMILES string of the molecule is CN(C)CCN1C(=O)COc2cc(NC(=O)c3c(F)cccc3Cl)ccc21. The molecule has 2 amide bonds. The molecule has 0 atom stereocenters. The molecular weight excluding hydrogens is 373 g/mol. The van der Waals surface area contributed by atoms with Crippen molar-refractivity contribution < 1.29 is 18.7 Å². The summed E-state index contributed by atoms with van der Waals surface area (Å²) in [6.07, 6.45) is 0. The zero-order chi connectivity index (χ0) is 19.6. The Kier molecular flexibility index (Phi) is 5.62. The van der Waals surface area contributed by atoms with Crippen LogP contribution in [0, 0.1) is 5.82 Å². The molecule has 0 unspecified atom stereocenters. The summed E-state index contributed by atoms with van der Waals surface area (Å²) >= 11 is 5.93. The van der Waals surface area contributed by atoms with Crippen molar-refractivity contribution in [2.45, 2.75) is 0 Å². The van der Waals surface area contributed by atoms with Crippen LogP contribution in [0.5, 0.6) is 5.75 Å². The van der Waals surface area contributed by atoms with Crippen LogP contribution in [0.2, 0.25) is 5.02 Å². The second kappa shape index (κ2) is 7.94. The van der Waals surface area contributed by atoms with Gasteiger partial charge in [-0.15, -0.1) is 0 Å². The van der Waals surface area contributed by atoms with Gasteiger partial charge in [0.05, 0.1) is 16.3 Å². The van der Waals surface area contributed by atoms with E-state index in [-0.39, 0.29) is 23.1 Å². The van der Waals surface area contributed by atoms with Crippen LogP contribution in [0.25, 0.3) is 0 Å². The quantitative estimate of drug-likeness (QED) is 0.851. The van der Waals surface area contributed by atoms with Crippen molar-refractivity contribution in [3.63, 3.8) is 0 Å². The molecule has 0 aromatic heterocycles. The van der Waals surface area contributed by atoms with Crippen LogP contribution in [0.1, 0.15) is 10.4 Å². The number of ether oxygens (including phenoxy) is 1. The average molecular weight is 392 g/mol. The third-order valence-corrected chi connectivity index (χ3v) is 4.44. The molecule has 142 valence electrons. The summed E-state index contributed by atoms with van der Waals surface area (Å²) in [6.45, 7) is 1.16. The number of amides is 2. The standard InChI is InChI=1S/C19H19ClFN3O3/c1-23(2)8-9-24-15-7-6-12(10-16(15)27-11-17(24)25)22-19(26)18-13(20)4-3-5-14(18)21/h3-7,10H,8-9,11H2,1-2H3,(H,22,26). The molecule has 0 bridgehead atoms. The number of carbonyl (C=O) groups excluding carboxylic acids is 2. The van der Waals surface area contributed by atoms with Gasteiger partial charge in [-0.2, -0.15) is 0 Å². The van der Waals surface area contributed by atoms with Crippen molar-refractivity contribution in [2.24, 2.45) is 0 Å². The van der Waals surface area contributed by atoms with E-state index in [1.807, 2.05) is 19.0 Å². The Morgan fingerprint density at radius 1 is 1.33 bits per heavy atom. The average Bonchev–Trinajstić information content (AvgIpc) is 2.60. The van der Waals surface area contributed by atoms with Gasteiger partial charge in [-0.05, 0) is 38.4 Å². The van der Waals surface area contributed by atoms with E-state index in [1.165, 1.54) is 18.2 Å². The number of benzene rings is 2. The first-order chi connectivity index (χ1) is 12.9. The summed E-state index contributed by atoms with van der Waals surface area (Å²) in [4.78, 5) is 28.2. The lowest BCUT2D eigenvalue weighted by atomic mass is 10.1. The van der Waals surface area contributed by atoms with Crippen molar-refractivity contribution in [3.05, 3.63) is 52.8 Å². The van der Waals surface area contributed by atoms with Gasteiger partial charge in [0.15, 0.2) is 6.61 Å². The van der Waals surface area contributed by atoms with Gasteiger partial charge in [0.25, 0.3) is 11.8 Å². The highest BCUT2D eigenvalue weighted by atomic mass is 35.5. The number of rotatable bonds is 5. The van der Waals surface area contributed by atoms with E-state index in [9.17, 15) is 14.0 Å². The number of halogens is 2. The van der Waals surface area contributed by atoms with Gasteiger partial charge in [-0.25, -0.2) is 4.39 Å². The molecule has 8 heteroatoms. The molecule has 6 nitrogen and oxygen atoms in total. The second-order valence-electron chi connectivity index (χ2n) is 6.37. The van der Waals surface area contributed by atoms with Crippen molar-refractivity contribution in [1.29, 1.82) is 0 Å². The van der Waals surface area contributed by atoms with Crippen LogP contribution in [-0.4, -0.2) is 50.5 Å². The van der Waals surface area contributed by atoms with Crippen molar-refractivity contribution in [2.75, 3.05) is 44.0 Å². The van der Waals surface area contributed by atoms with Crippen molar-refractivity contribution in [1.82, 2.24) is 4.90 Å². The van der Waals surface area contributed by atoms with E-state index in [1.54, 1.807) is 23.1 Å². The fourth-order valence-electron chi connectivity index (χ4n) is 2.74. The molecule has 0 radical (unpaired) electrons. The molecule has 0 aliphatic carbocycles. The van der Waals surface area contributed by atoms with E-state index in [4.69, 9.17) is 16.3 Å². The minimum Gasteiger partial charge on any atom is -0.481 e. The first kappa shape index (κ1) is 19.1. The monoisotopic (exact) mass is 391 g/mol. The lowest BCUT2D eigenvalue weighted by molar-refractivity contribution is -0.121. The van der Waals surface area contributed by atoms with Gasteiger partial charge in [-0.1, -0.05) is 17.7 Å². The number of fused-ring (bicyclic) bond motifs is 1. The lowest BCUT2D eigenvalue weighted by Gasteiger charge is -2.30. The van der Waals surface area contributed by atoms with Crippen LogP contribution in [0.3, 0.4) is 0 Å². The number of anilines is 2. The Labute approximate surface area is 161 Å². The number of nitrogens with one attached hydrogen (secondary N) is 1. The van der Waals surface area contributed by atoms with Gasteiger partial charge in [0, 0.05) is 24.8 Å². The molecule has 0 saturated heterocycles. The van der Waals surface area contributed by atoms with Crippen LogP contribution < -0.4 is 15.0 Å². The molecule has 0 saturated carbocycles. The third-order valence-electron chi connectivity index (χ3n) is 4.12. The summed E-state index contributed by atoms with van der Waals surface area (Å²) in [6, 6.07) is 8.99. The Bertz CT molecular complexity index is 868. The summed E-state index contributed by atoms with van der Waals surface area (Å²) < 4.78 is 19.4. The summed E-state index contributed by atoms with van der Waals surface area (Å²) in [5.74, 6) is -1.01. The number of nitrogens with zero attached hydrogens (tertiary/aromatic N) is 2. The van der Waals surface area contributed by atoms with E-state index in [2.05, 4.69) is 5.32 Å². The first-order valence-electron chi connectivity index (χ1n) is 8.34. The van der Waals surface area contributed by atoms with E-state index in [0.29, 0.717) is 30.2 Å². The minimum atomic E-state index is -0.699. The predicted molar refractivity (Wildman–Crippen MR) is 102 cm³/mol. The molecule has 0 fully saturated rings. The molecule has 1 aliphatic heterocycles. The number of hydrogen-bond acceptors (Lipinski definition) is 4. The van der Waals surface area contributed by atoms with Crippen LogP contribution >= 0.6 is 11.6 Å². The number of hydrogen-bond donors (Lipinski definition) is 1. The smallest absolute Gasteiger partial charge is 0.265 e. The van der Waals surface area contributed by atoms with Crippen molar-refractivity contribution in [3.8, 4) is 5.75 Å². The zero-order valence-electron chi connectivity index (χ0n) is 15.0. The Hall–Kier alpha value is -2.64. The third kappa shape index (κ3) is 4.20. The van der Waals surface area contributed by atoms with Crippen LogP contribution in [0.15, 0.2) is 36.4 Å². The number of carbonyl (C=O) groups is 2. The minimum absolute atomic E-state index is 0.0298. The summed E-state index contributed by atoms with van der Waals surface area (Å²) in [5, 5.41) is 2.64. The molecule has 2 aromatic rings. The summed E-state index contributed by atoms with van der Waals surface area (Å²) in [7, 11) is 3.86. The van der Waals surface area contributed by atoms with Gasteiger partial charge in [-0.3, -0.25) is 9.59 Å². The van der Waals surface area contributed by atoms with Crippen LogP contribution in [0.4, 0.5) is 15.8 Å². The highest BCUT2D eigenvalue weighted by Gasteiger charge is 2.26. The Morgan fingerprint density at radius 3 is 2.81 bits per heavy atom. The first-order valence-corrected chi connectivity index (χ1v) is 8.72. The fraction of sp³-hybridized carbons (Fsp3) is 0.263. The number of likely N-dealkylation sites (N-methyl/N-ethyl adjacent to an activating group) is 1. The molecule has 2 aromatic carbocycles.